The Morgan fingerprint density at radius 1 is 1.07 bits per heavy atom. The maximum atomic E-state index is 3.72. The molecule has 0 amide bonds. The summed E-state index contributed by atoms with van der Waals surface area (Å²) in [7, 11) is 0. The molecule has 0 saturated heterocycles. The second kappa shape index (κ2) is 8.72. The lowest BCUT2D eigenvalue weighted by Crippen LogP contribution is -2.30. The standard InChI is InChI=1S/C14H25N/c1-2-3-4-5-6-10-13-15-14-11-8-7-9-12-14/h2,6,10,14-15H,1,3-5,7-9,11-13H2/b10-6-. The molecule has 1 aliphatic rings. The molecule has 0 bridgehead atoms. The summed E-state index contributed by atoms with van der Waals surface area (Å²) in [5, 5.41) is 3.61. The van der Waals surface area contributed by atoms with E-state index in [0.717, 1.165) is 19.0 Å². The number of hydrogen-bond donors (Lipinski definition) is 1. The first kappa shape index (κ1) is 12.5. The lowest BCUT2D eigenvalue weighted by atomic mass is 9.95. The van der Waals surface area contributed by atoms with E-state index >= 15 is 0 Å². The van der Waals surface area contributed by atoms with Gasteiger partial charge in [-0.3, -0.25) is 0 Å². The van der Waals surface area contributed by atoms with Crippen molar-refractivity contribution in [1.82, 2.24) is 5.32 Å². The van der Waals surface area contributed by atoms with Gasteiger partial charge in [0.05, 0.1) is 0 Å². The van der Waals surface area contributed by atoms with Gasteiger partial charge in [-0.1, -0.05) is 37.5 Å². The maximum Gasteiger partial charge on any atom is 0.0137 e. The molecule has 1 fully saturated rings. The van der Waals surface area contributed by atoms with Gasteiger partial charge in [0.2, 0.25) is 0 Å². The van der Waals surface area contributed by atoms with Gasteiger partial charge in [-0.25, -0.2) is 0 Å². The highest BCUT2D eigenvalue weighted by atomic mass is 14.9. The largest absolute Gasteiger partial charge is 0.311 e. The normalized spacial score (nSPS) is 18.4. The molecule has 0 spiro atoms. The predicted octanol–water partition coefficient (Wildman–Crippen LogP) is 3.82. The fourth-order valence-corrected chi connectivity index (χ4v) is 2.12. The van der Waals surface area contributed by atoms with Crippen LogP contribution in [0.2, 0.25) is 0 Å². The summed E-state index contributed by atoms with van der Waals surface area (Å²) in [5.74, 6) is 0. The van der Waals surface area contributed by atoms with E-state index in [9.17, 15) is 0 Å². The average molecular weight is 207 g/mol. The van der Waals surface area contributed by atoms with Crippen LogP contribution in [0.25, 0.3) is 0 Å². The summed E-state index contributed by atoms with van der Waals surface area (Å²) < 4.78 is 0. The highest BCUT2D eigenvalue weighted by molar-refractivity contribution is 4.86. The van der Waals surface area contributed by atoms with Gasteiger partial charge < -0.3 is 5.32 Å². The van der Waals surface area contributed by atoms with E-state index in [4.69, 9.17) is 0 Å². The van der Waals surface area contributed by atoms with Crippen molar-refractivity contribution in [2.45, 2.75) is 57.4 Å². The molecule has 0 aromatic heterocycles. The Morgan fingerprint density at radius 3 is 2.60 bits per heavy atom. The lowest BCUT2D eigenvalue weighted by Gasteiger charge is -2.21. The van der Waals surface area contributed by atoms with Crippen LogP contribution in [-0.4, -0.2) is 12.6 Å². The molecule has 0 atom stereocenters. The summed E-state index contributed by atoms with van der Waals surface area (Å²) in [6, 6.07) is 0.788. The Labute approximate surface area is 94.6 Å². The van der Waals surface area contributed by atoms with Crippen LogP contribution in [0.15, 0.2) is 24.8 Å². The van der Waals surface area contributed by atoms with Gasteiger partial charge in [-0.15, -0.1) is 6.58 Å². The molecule has 1 aliphatic carbocycles. The van der Waals surface area contributed by atoms with Crippen molar-refractivity contribution in [1.29, 1.82) is 0 Å². The fraction of sp³-hybridized carbons (Fsp3) is 0.714. The van der Waals surface area contributed by atoms with E-state index in [1.807, 2.05) is 6.08 Å². The van der Waals surface area contributed by atoms with Crippen molar-refractivity contribution in [3.8, 4) is 0 Å². The molecule has 0 heterocycles. The van der Waals surface area contributed by atoms with E-state index in [2.05, 4.69) is 24.0 Å². The van der Waals surface area contributed by atoms with Crippen LogP contribution >= 0.6 is 0 Å². The molecule has 1 nitrogen and oxygen atoms in total. The van der Waals surface area contributed by atoms with Crippen LogP contribution < -0.4 is 5.32 Å². The molecule has 86 valence electrons. The zero-order valence-corrected chi connectivity index (χ0v) is 9.88. The van der Waals surface area contributed by atoms with Gasteiger partial charge in [0, 0.05) is 12.6 Å². The molecule has 15 heavy (non-hydrogen) atoms. The van der Waals surface area contributed by atoms with Crippen molar-refractivity contribution in [2.24, 2.45) is 0 Å². The number of allylic oxidation sites excluding steroid dienone is 2. The third-order valence-electron chi connectivity index (χ3n) is 3.08. The van der Waals surface area contributed by atoms with E-state index < -0.39 is 0 Å². The van der Waals surface area contributed by atoms with Crippen molar-refractivity contribution in [3.63, 3.8) is 0 Å². The first-order chi connectivity index (χ1) is 7.43. The maximum absolute atomic E-state index is 3.72. The van der Waals surface area contributed by atoms with E-state index in [0.29, 0.717) is 0 Å². The van der Waals surface area contributed by atoms with Crippen LogP contribution in [0.4, 0.5) is 0 Å². The molecule has 1 rings (SSSR count). The van der Waals surface area contributed by atoms with Crippen molar-refractivity contribution in [2.75, 3.05) is 6.54 Å². The third kappa shape index (κ3) is 6.51. The van der Waals surface area contributed by atoms with Gasteiger partial charge in [0.1, 0.15) is 0 Å². The quantitative estimate of drug-likeness (QED) is 0.494. The third-order valence-corrected chi connectivity index (χ3v) is 3.08. The Kier molecular flexibility index (Phi) is 7.28. The van der Waals surface area contributed by atoms with Gasteiger partial charge in [-0.05, 0) is 32.1 Å². The lowest BCUT2D eigenvalue weighted by molar-refractivity contribution is 0.385. The first-order valence-electron chi connectivity index (χ1n) is 6.43. The molecule has 0 aromatic carbocycles. The first-order valence-corrected chi connectivity index (χ1v) is 6.43. The van der Waals surface area contributed by atoms with Crippen LogP contribution in [0.1, 0.15) is 51.4 Å². The summed E-state index contributed by atoms with van der Waals surface area (Å²) in [4.78, 5) is 0. The summed E-state index contributed by atoms with van der Waals surface area (Å²) in [6.07, 6.45) is 17.2. The monoisotopic (exact) mass is 207 g/mol. The molecular weight excluding hydrogens is 182 g/mol. The summed E-state index contributed by atoms with van der Waals surface area (Å²) in [5.41, 5.74) is 0. The van der Waals surface area contributed by atoms with E-state index in [-0.39, 0.29) is 0 Å². The van der Waals surface area contributed by atoms with Gasteiger partial charge in [0.25, 0.3) is 0 Å². The topological polar surface area (TPSA) is 12.0 Å². The zero-order valence-electron chi connectivity index (χ0n) is 9.88. The molecule has 0 radical (unpaired) electrons. The molecule has 0 aliphatic heterocycles. The van der Waals surface area contributed by atoms with Crippen LogP contribution in [0.3, 0.4) is 0 Å². The van der Waals surface area contributed by atoms with Gasteiger partial charge in [-0.2, -0.15) is 0 Å². The Morgan fingerprint density at radius 2 is 1.87 bits per heavy atom. The second-order valence-corrected chi connectivity index (χ2v) is 4.43. The fourth-order valence-electron chi connectivity index (χ4n) is 2.12. The molecular formula is C14H25N. The van der Waals surface area contributed by atoms with Gasteiger partial charge >= 0.3 is 0 Å². The molecule has 1 heteroatoms. The number of nitrogens with one attached hydrogen (secondary N) is 1. The van der Waals surface area contributed by atoms with Crippen LogP contribution in [0, 0.1) is 0 Å². The minimum Gasteiger partial charge on any atom is -0.311 e. The molecule has 0 unspecified atom stereocenters. The molecule has 0 aromatic rings. The second-order valence-electron chi connectivity index (χ2n) is 4.43. The SMILES string of the molecule is C=CCCC/C=C\CNC1CCCCC1. The minimum atomic E-state index is 0.788. The van der Waals surface area contributed by atoms with Crippen molar-refractivity contribution < 1.29 is 0 Å². The number of rotatable bonds is 7. The van der Waals surface area contributed by atoms with E-state index in [1.54, 1.807) is 0 Å². The minimum absolute atomic E-state index is 0.788. The highest BCUT2D eigenvalue weighted by Crippen LogP contribution is 2.16. The smallest absolute Gasteiger partial charge is 0.0137 e. The van der Waals surface area contributed by atoms with Gasteiger partial charge in [0.15, 0.2) is 0 Å². The van der Waals surface area contributed by atoms with E-state index in [1.165, 1.54) is 44.9 Å². The molecule has 1 N–H and O–H groups in total. The predicted molar refractivity (Wildman–Crippen MR) is 68.1 cm³/mol. The Balaban J connectivity index is 1.92. The number of hydrogen-bond acceptors (Lipinski definition) is 1. The van der Waals surface area contributed by atoms with Crippen LogP contribution in [0.5, 0.6) is 0 Å². The highest BCUT2D eigenvalue weighted by Gasteiger charge is 2.10. The Hall–Kier alpha value is -0.560. The van der Waals surface area contributed by atoms with Crippen molar-refractivity contribution in [3.05, 3.63) is 24.8 Å². The van der Waals surface area contributed by atoms with Crippen molar-refractivity contribution >= 4 is 0 Å². The Bertz CT molecular complexity index is 178. The zero-order chi connectivity index (χ0) is 10.8. The summed E-state index contributed by atoms with van der Waals surface area (Å²) in [6.45, 7) is 4.77. The van der Waals surface area contributed by atoms with Crippen LogP contribution in [-0.2, 0) is 0 Å². The molecule has 1 saturated carbocycles. The number of unbranched alkanes of at least 4 members (excludes halogenated alkanes) is 2. The summed E-state index contributed by atoms with van der Waals surface area (Å²) >= 11 is 0. The average Bonchev–Trinajstić information content (AvgIpc) is 2.29.